The number of rotatable bonds is 10. The molecule has 1 saturated heterocycles. The van der Waals surface area contributed by atoms with Gasteiger partial charge in [-0.3, -0.25) is 14.6 Å². The van der Waals surface area contributed by atoms with Crippen molar-refractivity contribution in [2.45, 2.75) is 33.0 Å². The van der Waals surface area contributed by atoms with E-state index in [1.807, 2.05) is 18.2 Å². The second-order valence-electron chi connectivity index (χ2n) is 7.69. The Bertz CT molecular complexity index is 802. The molecule has 1 amide bonds. The van der Waals surface area contributed by atoms with Gasteiger partial charge in [-0.1, -0.05) is 12.1 Å². The zero-order chi connectivity index (χ0) is 21.3. The number of benzene rings is 1. The molecule has 2 aromatic rings. The summed E-state index contributed by atoms with van der Waals surface area (Å²) in [6.07, 6.45) is 1.43. The van der Waals surface area contributed by atoms with Crippen LogP contribution in [0.5, 0.6) is 5.75 Å². The lowest BCUT2D eigenvalue weighted by atomic mass is 10.2. The van der Waals surface area contributed by atoms with Gasteiger partial charge in [0.25, 0.3) is 5.91 Å². The van der Waals surface area contributed by atoms with Crippen molar-refractivity contribution >= 4 is 5.91 Å². The molecule has 1 fully saturated rings. The molecule has 30 heavy (non-hydrogen) atoms. The maximum atomic E-state index is 12.4. The molecular weight excluding hydrogens is 384 g/mol. The number of morpholine rings is 1. The average Bonchev–Trinajstić information content (AvgIpc) is 3.23. The van der Waals surface area contributed by atoms with Crippen molar-refractivity contribution in [3.8, 4) is 5.75 Å². The van der Waals surface area contributed by atoms with Gasteiger partial charge in [0.05, 0.1) is 26.9 Å². The van der Waals surface area contributed by atoms with Gasteiger partial charge in [-0.15, -0.1) is 0 Å². The molecule has 1 aliphatic heterocycles. The first kappa shape index (κ1) is 22.3. The fourth-order valence-corrected chi connectivity index (χ4v) is 3.33. The Morgan fingerprint density at radius 1 is 1.30 bits per heavy atom. The molecule has 0 aliphatic carbocycles. The Labute approximate surface area is 178 Å². The topological polar surface area (TPSA) is 80.1 Å². The molecule has 1 aromatic heterocycles. The predicted octanol–water partition coefficient (Wildman–Crippen LogP) is 2.16. The van der Waals surface area contributed by atoms with Crippen LogP contribution in [0.2, 0.25) is 0 Å². The maximum absolute atomic E-state index is 12.4. The van der Waals surface area contributed by atoms with Crippen molar-refractivity contribution in [1.29, 1.82) is 0 Å². The van der Waals surface area contributed by atoms with Gasteiger partial charge < -0.3 is 19.2 Å². The van der Waals surface area contributed by atoms with E-state index < -0.39 is 0 Å². The minimum Gasteiger partial charge on any atom is -0.497 e. The summed E-state index contributed by atoms with van der Waals surface area (Å²) in [5, 5.41) is 2.92. The Kier molecular flexibility index (Phi) is 8.24. The van der Waals surface area contributed by atoms with Crippen molar-refractivity contribution < 1.29 is 18.7 Å². The quantitative estimate of drug-likeness (QED) is 0.636. The number of carbonyl (C=O) groups excluding carboxylic acids is 1. The summed E-state index contributed by atoms with van der Waals surface area (Å²) in [4.78, 5) is 21.3. The molecule has 2 heterocycles. The summed E-state index contributed by atoms with van der Waals surface area (Å²) in [5.41, 5.74) is 1.47. The number of hydrogen-bond acceptors (Lipinski definition) is 7. The normalized spacial score (nSPS) is 15.0. The summed E-state index contributed by atoms with van der Waals surface area (Å²) in [6, 6.07) is 8.30. The highest BCUT2D eigenvalue weighted by Gasteiger charge is 2.18. The lowest BCUT2D eigenvalue weighted by Crippen LogP contribution is -2.41. The third-order valence-corrected chi connectivity index (χ3v) is 5.19. The van der Waals surface area contributed by atoms with Gasteiger partial charge in [-0.2, -0.15) is 0 Å². The molecule has 8 nitrogen and oxygen atoms in total. The summed E-state index contributed by atoms with van der Waals surface area (Å²) < 4.78 is 16.2. The molecule has 8 heteroatoms. The van der Waals surface area contributed by atoms with Crippen LogP contribution in [0, 0.1) is 0 Å². The third-order valence-electron chi connectivity index (χ3n) is 5.19. The summed E-state index contributed by atoms with van der Waals surface area (Å²) in [6.45, 7) is 10.2. The highest BCUT2D eigenvalue weighted by atomic mass is 16.5. The minimum absolute atomic E-state index is 0.206. The maximum Gasteiger partial charge on any atom is 0.273 e. The van der Waals surface area contributed by atoms with Crippen LogP contribution in [0.3, 0.4) is 0 Å². The first-order valence-corrected chi connectivity index (χ1v) is 10.4. The van der Waals surface area contributed by atoms with E-state index in [4.69, 9.17) is 13.9 Å². The molecule has 1 aromatic carbocycles. The van der Waals surface area contributed by atoms with Gasteiger partial charge in [0.1, 0.15) is 12.0 Å². The number of aromatic nitrogens is 1. The largest absolute Gasteiger partial charge is 0.497 e. The van der Waals surface area contributed by atoms with Crippen LogP contribution in [-0.2, 0) is 17.8 Å². The SMILES string of the molecule is COc1cccc(CN(Cc2nc(C(=O)NCCN3CCOCC3)co2)C(C)C)c1. The van der Waals surface area contributed by atoms with Gasteiger partial charge in [0.15, 0.2) is 5.69 Å². The molecule has 0 radical (unpaired) electrons. The minimum atomic E-state index is -0.206. The van der Waals surface area contributed by atoms with Crippen LogP contribution < -0.4 is 10.1 Å². The van der Waals surface area contributed by atoms with Crippen molar-refractivity contribution in [2.24, 2.45) is 0 Å². The Hall–Kier alpha value is -2.42. The van der Waals surface area contributed by atoms with Crippen LogP contribution in [0.1, 0.15) is 35.8 Å². The molecule has 0 unspecified atom stereocenters. The molecule has 0 saturated carbocycles. The predicted molar refractivity (Wildman–Crippen MR) is 113 cm³/mol. The van der Waals surface area contributed by atoms with E-state index in [-0.39, 0.29) is 11.9 Å². The molecule has 164 valence electrons. The van der Waals surface area contributed by atoms with E-state index in [9.17, 15) is 4.79 Å². The second kappa shape index (κ2) is 11.1. The molecule has 1 N–H and O–H groups in total. The van der Waals surface area contributed by atoms with E-state index in [1.165, 1.54) is 6.26 Å². The monoisotopic (exact) mass is 416 g/mol. The summed E-state index contributed by atoms with van der Waals surface area (Å²) in [5.74, 6) is 1.16. The second-order valence-corrected chi connectivity index (χ2v) is 7.69. The Morgan fingerprint density at radius 3 is 2.83 bits per heavy atom. The van der Waals surface area contributed by atoms with E-state index in [0.717, 1.165) is 50.7 Å². The fourth-order valence-electron chi connectivity index (χ4n) is 3.33. The van der Waals surface area contributed by atoms with Crippen LogP contribution >= 0.6 is 0 Å². The van der Waals surface area contributed by atoms with Gasteiger partial charge in [-0.05, 0) is 31.5 Å². The smallest absolute Gasteiger partial charge is 0.273 e. The van der Waals surface area contributed by atoms with Crippen molar-refractivity contribution in [3.63, 3.8) is 0 Å². The molecule has 0 spiro atoms. The van der Waals surface area contributed by atoms with Gasteiger partial charge in [0.2, 0.25) is 5.89 Å². The number of methoxy groups -OCH3 is 1. The van der Waals surface area contributed by atoms with Crippen LogP contribution in [0.25, 0.3) is 0 Å². The number of nitrogens with one attached hydrogen (secondary N) is 1. The van der Waals surface area contributed by atoms with Crippen LogP contribution in [0.15, 0.2) is 34.9 Å². The molecular formula is C22H32N4O4. The molecule has 0 atom stereocenters. The number of ether oxygens (including phenoxy) is 2. The van der Waals surface area contributed by atoms with Crippen molar-refractivity contribution in [2.75, 3.05) is 46.5 Å². The molecule has 1 aliphatic rings. The fraction of sp³-hybridized carbons (Fsp3) is 0.545. The highest BCUT2D eigenvalue weighted by Crippen LogP contribution is 2.17. The first-order valence-electron chi connectivity index (χ1n) is 10.4. The first-order chi connectivity index (χ1) is 14.5. The van der Waals surface area contributed by atoms with Gasteiger partial charge in [0, 0.05) is 38.8 Å². The van der Waals surface area contributed by atoms with Gasteiger partial charge in [-0.25, -0.2) is 4.98 Å². The Morgan fingerprint density at radius 2 is 2.10 bits per heavy atom. The summed E-state index contributed by atoms with van der Waals surface area (Å²) in [7, 11) is 1.67. The van der Waals surface area contributed by atoms with Gasteiger partial charge >= 0.3 is 0 Å². The van der Waals surface area contributed by atoms with E-state index in [0.29, 0.717) is 24.7 Å². The van der Waals surface area contributed by atoms with E-state index >= 15 is 0 Å². The van der Waals surface area contributed by atoms with Crippen molar-refractivity contribution in [3.05, 3.63) is 47.7 Å². The zero-order valence-electron chi connectivity index (χ0n) is 18.1. The lowest BCUT2D eigenvalue weighted by Gasteiger charge is -2.26. The zero-order valence-corrected chi connectivity index (χ0v) is 18.1. The number of amides is 1. The average molecular weight is 417 g/mol. The highest BCUT2D eigenvalue weighted by molar-refractivity contribution is 5.91. The lowest BCUT2D eigenvalue weighted by molar-refractivity contribution is 0.0383. The number of hydrogen-bond donors (Lipinski definition) is 1. The van der Waals surface area contributed by atoms with Crippen LogP contribution in [0.4, 0.5) is 0 Å². The third kappa shape index (κ3) is 6.55. The summed E-state index contributed by atoms with van der Waals surface area (Å²) >= 11 is 0. The number of carbonyl (C=O) groups is 1. The molecule has 0 bridgehead atoms. The Balaban J connectivity index is 1.52. The van der Waals surface area contributed by atoms with E-state index in [2.05, 4.69) is 40.0 Å². The number of nitrogens with zero attached hydrogens (tertiary/aromatic N) is 3. The standard InChI is InChI=1S/C22H32N4O4/c1-17(2)26(14-18-5-4-6-19(13-18)28-3)15-21-24-20(16-30-21)22(27)23-7-8-25-9-11-29-12-10-25/h4-6,13,16-17H,7-12,14-15H2,1-3H3,(H,23,27). The van der Waals surface area contributed by atoms with E-state index in [1.54, 1.807) is 7.11 Å². The van der Waals surface area contributed by atoms with Crippen LogP contribution in [-0.4, -0.2) is 73.2 Å². The number of oxazole rings is 1. The molecule has 3 rings (SSSR count). The van der Waals surface area contributed by atoms with Crippen molar-refractivity contribution in [1.82, 2.24) is 20.1 Å².